The highest BCUT2D eigenvalue weighted by Gasteiger charge is 2.32. The van der Waals surface area contributed by atoms with Gasteiger partial charge in [0.1, 0.15) is 23.3 Å². The first-order valence-electron chi connectivity index (χ1n) is 9.06. The number of halogens is 3. The molecule has 0 radical (unpaired) electrons. The minimum atomic E-state index is -0.823. The summed E-state index contributed by atoms with van der Waals surface area (Å²) in [5.41, 5.74) is 0.201. The molecule has 3 aromatic rings. The molecular formula is C21H16F3N3O2S. The van der Waals surface area contributed by atoms with E-state index in [1.165, 1.54) is 10.6 Å². The number of nitrogens with zero attached hydrogens (tertiary/aromatic N) is 2. The first-order chi connectivity index (χ1) is 14.3. The third-order valence-corrected chi connectivity index (χ3v) is 5.98. The van der Waals surface area contributed by atoms with Gasteiger partial charge in [0.25, 0.3) is 5.56 Å². The second kappa shape index (κ2) is 7.98. The number of nitrogens with one attached hydrogen (secondary N) is 1. The molecule has 0 fully saturated rings. The highest BCUT2D eigenvalue weighted by atomic mass is 32.2. The van der Waals surface area contributed by atoms with Crippen molar-refractivity contribution < 1.29 is 18.0 Å². The van der Waals surface area contributed by atoms with Gasteiger partial charge in [0.05, 0.1) is 5.56 Å². The Balaban J connectivity index is 1.75. The molecule has 0 aliphatic carbocycles. The zero-order chi connectivity index (χ0) is 21.4. The van der Waals surface area contributed by atoms with Crippen LogP contribution in [-0.4, -0.2) is 15.5 Å². The maximum Gasteiger partial charge on any atom is 0.279 e. The predicted molar refractivity (Wildman–Crippen MR) is 107 cm³/mol. The zero-order valence-corrected chi connectivity index (χ0v) is 16.6. The molecule has 5 nitrogen and oxygen atoms in total. The van der Waals surface area contributed by atoms with Gasteiger partial charge in [-0.05, 0) is 29.3 Å². The van der Waals surface area contributed by atoms with Gasteiger partial charge < -0.3 is 9.88 Å². The van der Waals surface area contributed by atoms with Crippen molar-refractivity contribution in [1.29, 1.82) is 0 Å². The highest BCUT2D eigenvalue weighted by Crippen LogP contribution is 2.36. The van der Waals surface area contributed by atoms with E-state index in [0.717, 1.165) is 30.0 Å². The monoisotopic (exact) mass is 431 g/mol. The van der Waals surface area contributed by atoms with E-state index in [9.17, 15) is 22.8 Å². The van der Waals surface area contributed by atoms with Crippen LogP contribution in [-0.2, 0) is 17.6 Å². The molecule has 2 aromatic carbocycles. The molecule has 0 unspecified atom stereocenters. The number of hydrogen-bond acceptors (Lipinski definition) is 4. The van der Waals surface area contributed by atoms with Crippen LogP contribution >= 0.6 is 11.8 Å². The number of carbonyl (C=O) groups excluding carboxylic acids is 1. The van der Waals surface area contributed by atoms with Gasteiger partial charge >= 0.3 is 0 Å². The summed E-state index contributed by atoms with van der Waals surface area (Å²) in [7, 11) is 1.61. The van der Waals surface area contributed by atoms with Gasteiger partial charge in [0, 0.05) is 31.2 Å². The Kier molecular flexibility index (Phi) is 5.38. The SMILES string of the molecule is Cn1c(SCc2ccccc2F)nc(=O)c2c1NC(=O)C[C@H]2c1cc(F)cc(F)c1. The van der Waals surface area contributed by atoms with Crippen LogP contribution in [0.25, 0.3) is 0 Å². The summed E-state index contributed by atoms with van der Waals surface area (Å²) in [6, 6.07) is 9.22. The Morgan fingerprint density at radius 1 is 1.13 bits per heavy atom. The molecule has 0 saturated carbocycles. The second-order valence-corrected chi connectivity index (χ2v) is 7.85. The topological polar surface area (TPSA) is 64.0 Å². The second-order valence-electron chi connectivity index (χ2n) is 6.91. The Morgan fingerprint density at radius 2 is 1.83 bits per heavy atom. The van der Waals surface area contributed by atoms with Crippen molar-refractivity contribution in [3.05, 3.63) is 87.0 Å². The van der Waals surface area contributed by atoms with Gasteiger partial charge in [0.2, 0.25) is 5.91 Å². The van der Waals surface area contributed by atoms with E-state index in [4.69, 9.17) is 0 Å². The number of benzene rings is 2. The zero-order valence-electron chi connectivity index (χ0n) is 15.8. The Bertz CT molecular complexity index is 1190. The highest BCUT2D eigenvalue weighted by molar-refractivity contribution is 7.98. The molecule has 4 rings (SSSR count). The molecule has 0 bridgehead atoms. The molecule has 1 N–H and O–H groups in total. The summed E-state index contributed by atoms with van der Waals surface area (Å²) in [6.07, 6.45) is -0.130. The van der Waals surface area contributed by atoms with E-state index >= 15 is 0 Å². The molecule has 154 valence electrons. The lowest BCUT2D eigenvalue weighted by molar-refractivity contribution is -0.116. The van der Waals surface area contributed by atoms with E-state index in [-0.39, 0.29) is 46.0 Å². The third kappa shape index (κ3) is 3.85. The largest absolute Gasteiger partial charge is 0.312 e. The molecule has 1 aliphatic heterocycles. The molecule has 1 aliphatic rings. The van der Waals surface area contributed by atoms with Crippen LogP contribution < -0.4 is 10.9 Å². The molecule has 0 spiro atoms. The van der Waals surface area contributed by atoms with Crippen molar-refractivity contribution >= 4 is 23.5 Å². The third-order valence-electron chi connectivity index (χ3n) is 4.90. The molecule has 1 aromatic heterocycles. The van der Waals surface area contributed by atoms with Crippen LogP contribution in [0, 0.1) is 17.5 Å². The summed E-state index contributed by atoms with van der Waals surface area (Å²) in [6.45, 7) is 0. The van der Waals surface area contributed by atoms with Crippen molar-refractivity contribution in [2.24, 2.45) is 7.05 Å². The standard InChI is InChI=1S/C21H16F3N3O2S/c1-27-19-18(15(9-17(28)25-19)12-6-13(22)8-14(23)7-12)20(29)26-21(27)30-10-11-4-2-3-5-16(11)24/h2-8,15H,9-10H2,1H3,(H,25,28)/t15-/m0/s1. The number of aromatic nitrogens is 2. The minimum absolute atomic E-state index is 0.130. The number of rotatable bonds is 4. The summed E-state index contributed by atoms with van der Waals surface area (Å²) in [4.78, 5) is 29.2. The van der Waals surface area contributed by atoms with E-state index in [1.807, 2.05) is 0 Å². The summed E-state index contributed by atoms with van der Waals surface area (Å²) in [5.74, 6) is -2.71. The smallest absolute Gasteiger partial charge is 0.279 e. The van der Waals surface area contributed by atoms with E-state index in [1.54, 1.807) is 25.2 Å². The van der Waals surface area contributed by atoms with Gasteiger partial charge in [-0.2, -0.15) is 4.98 Å². The fraction of sp³-hybridized carbons (Fsp3) is 0.190. The lowest BCUT2D eigenvalue weighted by Gasteiger charge is -2.27. The maximum atomic E-state index is 13.9. The first-order valence-corrected chi connectivity index (χ1v) is 10.0. The number of thioether (sulfide) groups is 1. The van der Waals surface area contributed by atoms with Crippen LogP contribution in [0.5, 0.6) is 0 Å². The van der Waals surface area contributed by atoms with Crippen LogP contribution in [0.15, 0.2) is 52.4 Å². The Morgan fingerprint density at radius 3 is 2.53 bits per heavy atom. The average molecular weight is 431 g/mol. The Labute approximate surface area is 174 Å². The predicted octanol–water partition coefficient (Wildman–Crippen LogP) is 3.96. The van der Waals surface area contributed by atoms with Crippen molar-refractivity contribution in [3.63, 3.8) is 0 Å². The van der Waals surface area contributed by atoms with Gasteiger partial charge in [0.15, 0.2) is 5.16 Å². The number of amides is 1. The number of carbonyl (C=O) groups is 1. The quantitative estimate of drug-likeness (QED) is 0.502. The minimum Gasteiger partial charge on any atom is -0.312 e. The van der Waals surface area contributed by atoms with E-state index in [0.29, 0.717) is 5.56 Å². The van der Waals surface area contributed by atoms with Gasteiger partial charge in [-0.15, -0.1) is 0 Å². The molecule has 9 heteroatoms. The van der Waals surface area contributed by atoms with Crippen LogP contribution in [0.3, 0.4) is 0 Å². The van der Waals surface area contributed by atoms with E-state index in [2.05, 4.69) is 10.3 Å². The molecule has 30 heavy (non-hydrogen) atoms. The summed E-state index contributed by atoms with van der Waals surface area (Å²) in [5, 5.41) is 2.94. The van der Waals surface area contributed by atoms with Gasteiger partial charge in [-0.3, -0.25) is 9.59 Å². The van der Waals surface area contributed by atoms with Crippen molar-refractivity contribution in [2.45, 2.75) is 23.2 Å². The summed E-state index contributed by atoms with van der Waals surface area (Å²) < 4.78 is 42.9. The molecule has 2 heterocycles. The molecule has 1 atom stereocenters. The van der Waals surface area contributed by atoms with Gasteiger partial charge in [-0.1, -0.05) is 30.0 Å². The lowest BCUT2D eigenvalue weighted by atomic mass is 9.86. The fourth-order valence-electron chi connectivity index (χ4n) is 3.48. The number of anilines is 1. The maximum absolute atomic E-state index is 13.9. The molecular weight excluding hydrogens is 415 g/mol. The van der Waals surface area contributed by atoms with Gasteiger partial charge in [-0.25, -0.2) is 13.2 Å². The fourth-order valence-corrected chi connectivity index (χ4v) is 4.43. The molecule has 1 amide bonds. The van der Waals surface area contributed by atoms with Crippen molar-refractivity contribution in [1.82, 2.24) is 9.55 Å². The average Bonchev–Trinajstić information content (AvgIpc) is 2.69. The summed E-state index contributed by atoms with van der Waals surface area (Å²) >= 11 is 1.15. The number of hydrogen-bond donors (Lipinski definition) is 1. The number of fused-ring (bicyclic) bond motifs is 1. The van der Waals surface area contributed by atoms with E-state index < -0.39 is 23.1 Å². The molecule has 0 saturated heterocycles. The lowest BCUT2D eigenvalue weighted by Crippen LogP contribution is -2.33. The Hall–Kier alpha value is -3.07. The normalized spacial score (nSPS) is 15.6. The van der Waals surface area contributed by atoms with Crippen LogP contribution in [0.2, 0.25) is 0 Å². The van der Waals surface area contributed by atoms with Crippen molar-refractivity contribution in [3.8, 4) is 0 Å². The van der Waals surface area contributed by atoms with Crippen LogP contribution in [0.1, 0.15) is 29.0 Å². The van der Waals surface area contributed by atoms with Crippen LogP contribution in [0.4, 0.5) is 19.0 Å². The van der Waals surface area contributed by atoms with Crippen molar-refractivity contribution in [2.75, 3.05) is 5.32 Å². The first kappa shape index (κ1) is 20.2.